The number of ether oxygens (including phenoxy) is 1. The van der Waals surface area contributed by atoms with Gasteiger partial charge in [0.2, 0.25) is 0 Å². The van der Waals surface area contributed by atoms with Crippen LogP contribution in [0.25, 0.3) is 0 Å². The molecule has 21 heavy (non-hydrogen) atoms. The van der Waals surface area contributed by atoms with Gasteiger partial charge >= 0.3 is 6.18 Å². The molecule has 1 rings (SSSR count). The van der Waals surface area contributed by atoms with Crippen LogP contribution in [0.5, 0.6) is 0 Å². The van der Waals surface area contributed by atoms with Gasteiger partial charge in [-0.05, 0) is 37.1 Å². The van der Waals surface area contributed by atoms with Crippen molar-refractivity contribution in [3.63, 3.8) is 0 Å². The molecule has 0 bridgehead atoms. The molecule has 1 aromatic carbocycles. The molecule has 0 radical (unpaired) electrons. The zero-order valence-electron chi connectivity index (χ0n) is 12.3. The Morgan fingerprint density at radius 2 is 1.90 bits per heavy atom. The van der Waals surface area contributed by atoms with Crippen molar-refractivity contribution in [2.24, 2.45) is 0 Å². The topological polar surface area (TPSA) is 21.3 Å². The molecule has 0 heterocycles. The lowest BCUT2D eigenvalue weighted by Crippen LogP contribution is -2.27. The van der Waals surface area contributed by atoms with Gasteiger partial charge in [0.15, 0.2) is 0 Å². The van der Waals surface area contributed by atoms with E-state index in [-0.39, 0.29) is 12.6 Å². The van der Waals surface area contributed by atoms with Crippen LogP contribution in [0.1, 0.15) is 43.9 Å². The summed E-state index contributed by atoms with van der Waals surface area (Å²) in [6, 6.07) is 2.71. The van der Waals surface area contributed by atoms with Gasteiger partial charge in [-0.25, -0.2) is 4.39 Å². The van der Waals surface area contributed by atoms with E-state index >= 15 is 0 Å². The second-order valence-electron chi connectivity index (χ2n) is 4.82. The van der Waals surface area contributed by atoms with Crippen molar-refractivity contribution < 1.29 is 22.3 Å². The monoisotopic (exact) mass is 307 g/mol. The highest BCUT2D eigenvalue weighted by molar-refractivity contribution is 5.29. The number of rotatable bonds is 8. The fraction of sp³-hybridized carbons (Fsp3) is 0.600. The molecule has 0 amide bonds. The molecule has 0 saturated carbocycles. The molecule has 120 valence electrons. The first-order chi connectivity index (χ1) is 9.90. The van der Waals surface area contributed by atoms with Gasteiger partial charge in [-0.1, -0.05) is 19.9 Å². The molecule has 6 heteroatoms. The molecule has 0 aromatic heterocycles. The predicted octanol–water partition coefficient (Wildman–Crippen LogP) is 4.31. The van der Waals surface area contributed by atoms with E-state index in [1.165, 1.54) is 6.07 Å². The maximum Gasteiger partial charge on any atom is 0.419 e. The third-order valence-corrected chi connectivity index (χ3v) is 2.97. The zero-order valence-corrected chi connectivity index (χ0v) is 12.3. The van der Waals surface area contributed by atoms with Gasteiger partial charge in [0.25, 0.3) is 0 Å². The SMILES string of the molecule is CCCNC(COCCC)c1ccc(F)c(C(F)(F)F)c1. The molecule has 0 aliphatic rings. The van der Waals surface area contributed by atoms with Crippen LogP contribution < -0.4 is 5.32 Å². The summed E-state index contributed by atoms with van der Waals surface area (Å²) in [5, 5.41) is 3.13. The second kappa shape index (κ2) is 8.34. The van der Waals surface area contributed by atoms with Gasteiger partial charge in [-0.15, -0.1) is 0 Å². The molecule has 1 atom stereocenters. The number of alkyl halides is 3. The Bertz CT molecular complexity index is 434. The fourth-order valence-corrected chi connectivity index (χ4v) is 1.91. The highest BCUT2D eigenvalue weighted by atomic mass is 19.4. The molecule has 0 fully saturated rings. The first-order valence-corrected chi connectivity index (χ1v) is 7.07. The quantitative estimate of drug-likeness (QED) is 0.571. The Balaban J connectivity index is 2.95. The lowest BCUT2D eigenvalue weighted by atomic mass is 10.0. The fourth-order valence-electron chi connectivity index (χ4n) is 1.91. The number of benzene rings is 1. The maximum absolute atomic E-state index is 13.3. The third kappa shape index (κ3) is 5.63. The molecular formula is C15H21F4NO. The average Bonchev–Trinajstić information content (AvgIpc) is 2.42. The van der Waals surface area contributed by atoms with Crippen LogP contribution in [0.4, 0.5) is 17.6 Å². The Hall–Kier alpha value is -1.14. The van der Waals surface area contributed by atoms with Crippen molar-refractivity contribution in [2.75, 3.05) is 19.8 Å². The number of hydrogen-bond acceptors (Lipinski definition) is 2. The van der Waals surface area contributed by atoms with Crippen LogP contribution >= 0.6 is 0 Å². The summed E-state index contributed by atoms with van der Waals surface area (Å²) < 4.78 is 57.0. The summed E-state index contributed by atoms with van der Waals surface area (Å²) in [5.74, 6) is -1.25. The van der Waals surface area contributed by atoms with Crippen LogP contribution in [0.3, 0.4) is 0 Å². The minimum Gasteiger partial charge on any atom is -0.379 e. The summed E-state index contributed by atoms with van der Waals surface area (Å²) in [6.07, 6.45) is -3.02. The van der Waals surface area contributed by atoms with Crippen LogP contribution in [0, 0.1) is 5.82 Å². The van der Waals surface area contributed by atoms with Gasteiger partial charge in [0.05, 0.1) is 18.2 Å². The smallest absolute Gasteiger partial charge is 0.379 e. The molecule has 0 aliphatic carbocycles. The lowest BCUT2D eigenvalue weighted by molar-refractivity contribution is -0.140. The van der Waals surface area contributed by atoms with E-state index in [4.69, 9.17) is 4.74 Å². The van der Waals surface area contributed by atoms with Crippen LogP contribution in [0.2, 0.25) is 0 Å². The average molecular weight is 307 g/mol. The molecule has 1 N–H and O–H groups in total. The molecule has 0 aliphatic heterocycles. The van der Waals surface area contributed by atoms with Crippen molar-refractivity contribution in [3.8, 4) is 0 Å². The molecule has 1 aromatic rings. The van der Waals surface area contributed by atoms with Crippen molar-refractivity contribution in [1.29, 1.82) is 0 Å². The van der Waals surface area contributed by atoms with E-state index in [1.54, 1.807) is 0 Å². The van der Waals surface area contributed by atoms with Gasteiger partial charge < -0.3 is 10.1 Å². The molecule has 1 unspecified atom stereocenters. The first kappa shape index (κ1) is 17.9. The summed E-state index contributed by atoms with van der Waals surface area (Å²) in [7, 11) is 0. The highest BCUT2D eigenvalue weighted by Crippen LogP contribution is 2.33. The highest BCUT2D eigenvalue weighted by Gasteiger charge is 2.34. The summed E-state index contributed by atoms with van der Waals surface area (Å²) in [5.41, 5.74) is -0.855. The van der Waals surface area contributed by atoms with Gasteiger partial charge in [0.1, 0.15) is 5.82 Å². The minimum absolute atomic E-state index is 0.261. The Labute approximate surface area is 122 Å². The summed E-state index contributed by atoms with van der Waals surface area (Å²) in [4.78, 5) is 0. The van der Waals surface area contributed by atoms with Gasteiger partial charge in [0, 0.05) is 6.61 Å². The van der Waals surface area contributed by atoms with Crippen LogP contribution in [-0.2, 0) is 10.9 Å². The number of halogens is 4. The third-order valence-electron chi connectivity index (χ3n) is 2.97. The van der Waals surface area contributed by atoms with E-state index in [1.807, 2.05) is 13.8 Å². The Kier molecular flexibility index (Phi) is 7.11. The summed E-state index contributed by atoms with van der Waals surface area (Å²) >= 11 is 0. The van der Waals surface area contributed by atoms with Crippen molar-refractivity contribution in [2.45, 2.75) is 38.9 Å². The van der Waals surface area contributed by atoms with E-state index in [0.717, 1.165) is 25.0 Å². The molecule has 0 spiro atoms. The first-order valence-electron chi connectivity index (χ1n) is 7.07. The largest absolute Gasteiger partial charge is 0.419 e. The maximum atomic E-state index is 13.3. The van der Waals surface area contributed by atoms with Crippen LogP contribution in [0.15, 0.2) is 18.2 Å². The molecular weight excluding hydrogens is 286 g/mol. The van der Waals surface area contributed by atoms with Gasteiger partial charge in [-0.2, -0.15) is 13.2 Å². The number of nitrogens with one attached hydrogen (secondary N) is 1. The van der Waals surface area contributed by atoms with Gasteiger partial charge in [-0.3, -0.25) is 0 Å². The Morgan fingerprint density at radius 1 is 1.19 bits per heavy atom. The van der Waals surface area contributed by atoms with E-state index < -0.39 is 17.6 Å². The van der Waals surface area contributed by atoms with Crippen molar-refractivity contribution >= 4 is 0 Å². The normalized spacial score (nSPS) is 13.4. The van der Waals surface area contributed by atoms with E-state index in [2.05, 4.69) is 5.32 Å². The predicted molar refractivity (Wildman–Crippen MR) is 73.5 cm³/mol. The number of hydrogen-bond donors (Lipinski definition) is 1. The van der Waals surface area contributed by atoms with E-state index in [9.17, 15) is 17.6 Å². The van der Waals surface area contributed by atoms with Crippen molar-refractivity contribution in [3.05, 3.63) is 35.1 Å². The molecule has 2 nitrogen and oxygen atoms in total. The lowest BCUT2D eigenvalue weighted by Gasteiger charge is -2.20. The Morgan fingerprint density at radius 3 is 2.48 bits per heavy atom. The zero-order chi connectivity index (χ0) is 15.9. The minimum atomic E-state index is -4.69. The van der Waals surface area contributed by atoms with Crippen LogP contribution in [-0.4, -0.2) is 19.8 Å². The van der Waals surface area contributed by atoms with Crippen molar-refractivity contribution in [1.82, 2.24) is 5.32 Å². The summed E-state index contributed by atoms with van der Waals surface area (Å²) in [6.45, 7) is 5.37. The van der Waals surface area contributed by atoms with E-state index in [0.29, 0.717) is 18.7 Å². The standard InChI is InChI=1S/C15H21F4NO/c1-3-7-20-14(10-21-8-4-2)11-5-6-13(16)12(9-11)15(17,18)19/h5-6,9,14,20H,3-4,7-8,10H2,1-2H3. The second-order valence-corrected chi connectivity index (χ2v) is 4.82. The molecule has 0 saturated heterocycles.